The van der Waals surface area contributed by atoms with Gasteiger partial charge in [0.2, 0.25) is 0 Å². The number of fused-ring (bicyclic) bond motifs is 3. The van der Waals surface area contributed by atoms with E-state index >= 15 is 0 Å². The van der Waals surface area contributed by atoms with E-state index in [0.29, 0.717) is 12.0 Å². The Kier molecular flexibility index (Phi) is 4.64. The van der Waals surface area contributed by atoms with Crippen molar-refractivity contribution >= 4 is 28.4 Å². The van der Waals surface area contributed by atoms with Gasteiger partial charge in [0, 0.05) is 35.5 Å². The molecule has 0 radical (unpaired) electrons. The number of H-pyrrole nitrogens is 1. The number of nitrogens with zero attached hydrogens (tertiary/aromatic N) is 3. The van der Waals surface area contributed by atoms with Gasteiger partial charge in [-0.2, -0.15) is 5.10 Å². The molecule has 3 aromatic heterocycles. The number of pyridine rings is 2. The number of aromatic nitrogens is 4. The van der Waals surface area contributed by atoms with Crippen LogP contribution in [0.3, 0.4) is 0 Å². The fraction of sp³-hybridized carbons (Fsp3) is 0.522. The molecule has 5 atom stereocenters. The Bertz CT molecular complexity index is 1010. The molecule has 3 aromatic rings. The van der Waals surface area contributed by atoms with E-state index in [1.165, 1.54) is 25.7 Å². The lowest BCUT2D eigenvalue weighted by Crippen LogP contribution is -2.45. The highest BCUT2D eigenvalue weighted by Crippen LogP contribution is 2.46. The SMILES string of the molecule is Cc1cc(Nc2cc3ncccc3c(NC3C(C)CC4CC(C)CC3C4)n2)n[nH]1. The maximum atomic E-state index is 4.94. The van der Waals surface area contributed by atoms with E-state index in [1.807, 2.05) is 31.3 Å². The summed E-state index contributed by atoms with van der Waals surface area (Å²) in [4.78, 5) is 9.53. The molecule has 0 aromatic carbocycles. The highest BCUT2D eigenvalue weighted by Gasteiger charge is 2.40. The van der Waals surface area contributed by atoms with Gasteiger partial charge in [0.1, 0.15) is 11.6 Å². The van der Waals surface area contributed by atoms with Crippen LogP contribution in [0.5, 0.6) is 0 Å². The minimum atomic E-state index is 0.466. The summed E-state index contributed by atoms with van der Waals surface area (Å²) in [6, 6.07) is 8.54. The topological polar surface area (TPSA) is 78.5 Å². The second kappa shape index (κ2) is 7.32. The Labute approximate surface area is 171 Å². The molecule has 5 unspecified atom stereocenters. The second-order valence-corrected chi connectivity index (χ2v) is 9.31. The van der Waals surface area contributed by atoms with Crippen LogP contribution in [0, 0.1) is 30.6 Å². The molecule has 3 heterocycles. The van der Waals surface area contributed by atoms with E-state index in [-0.39, 0.29) is 0 Å². The molecule has 29 heavy (non-hydrogen) atoms. The van der Waals surface area contributed by atoms with E-state index in [2.05, 4.69) is 45.7 Å². The summed E-state index contributed by atoms with van der Waals surface area (Å²) in [6.45, 7) is 6.81. The quantitative estimate of drug-likeness (QED) is 0.565. The summed E-state index contributed by atoms with van der Waals surface area (Å²) < 4.78 is 0. The maximum Gasteiger partial charge on any atom is 0.153 e. The predicted molar refractivity (Wildman–Crippen MR) is 117 cm³/mol. The third kappa shape index (κ3) is 3.68. The molecule has 5 rings (SSSR count). The number of anilines is 3. The van der Waals surface area contributed by atoms with Gasteiger partial charge < -0.3 is 10.6 Å². The fourth-order valence-electron chi connectivity index (χ4n) is 5.71. The Balaban J connectivity index is 1.48. The van der Waals surface area contributed by atoms with Crippen LogP contribution >= 0.6 is 0 Å². The van der Waals surface area contributed by atoms with Crippen molar-refractivity contribution in [3.8, 4) is 0 Å². The van der Waals surface area contributed by atoms with Gasteiger partial charge in [-0.3, -0.25) is 10.1 Å². The van der Waals surface area contributed by atoms with Crippen molar-refractivity contribution in [2.24, 2.45) is 23.7 Å². The molecular weight excluding hydrogens is 360 g/mol. The van der Waals surface area contributed by atoms with Gasteiger partial charge in [0.05, 0.1) is 5.52 Å². The number of aromatic amines is 1. The number of rotatable bonds is 4. The van der Waals surface area contributed by atoms with Crippen LogP contribution < -0.4 is 10.6 Å². The van der Waals surface area contributed by atoms with Gasteiger partial charge in [-0.15, -0.1) is 0 Å². The summed E-state index contributed by atoms with van der Waals surface area (Å²) in [7, 11) is 0. The molecule has 6 heteroatoms. The van der Waals surface area contributed by atoms with Crippen LogP contribution in [0.2, 0.25) is 0 Å². The zero-order valence-corrected chi connectivity index (χ0v) is 17.4. The third-order valence-electron chi connectivity index (χ3n) is 6.77. The zero-order valence-electron chi connectivity index (χ0n) is 17.4. The Morgan fingerprint density at radius 1 is 1.07 bits per heavy atom. The molecule has 0 aliphatic heterocycles. The first-order chi connectivity index (χ1) is 14.0. The molecule has 0 spiro atoms. The molecular formula is C23H30N6. The number of nitrogens with one attached hydrogen (secondary N) is 3. The lowest BCUT2D eigenvalue weighted by molar-refractivity contribution is 0.0963. The molecule has 0 saturated heterocycles. The van der Waals surface area contributed by atoms with Crippen LogP contribution in [0.25, 0.3) is 10.9 Å². The average molecular weight is 391 g/mol. The summed E-state index contributed by atoms with van der Waals surface area (Å²) >= 11 is 0. The van der Waals surface area contributed by atoms with Gasteiger partial charge in [-0.1, -0.05) is 13.8 Å². The van der Waals surface area contributed by atoms with E-state index < -0.39 is 0 Å². The lowest BCUT2D eigenvalue weighted by Gasteiger charge is -2.46. The largest absolute Gasteiger partial charge is 0.366 e. The maximum absolute atomic E-state index is 4.94. The van der Waals surface area contributed by atoms with Gasteiger partial charge >= 0.3 is 0 Å². The number of hydrogen-bond acceptors (Lipinski definition) is 5. The van der Waals surface area contributed by atoms with Crippen molar-refractivity contribution in [1.29, 1.82) is 0 Å². The lowest BCUT2D eigenvalue weighted by atomic mass is 9.63. The minimum Gasteiger partial charge on any atom is -0.366 e. The van der Waals surface area contributed by atoms with E-state index in [4.69, 9.17) is 4.98 Å². The van der Waals surface area contributed by atoms with Crippen molar-refractivity contribution in [1.82, 2.24) is 20.2 Å². The monoisotopic (exact) mass is 390 g/mol. The van der Waals surface area contributed by atoms with Crippen LogP contribution in [0.1, 0.15) is 45.2 Å². The molecule has 3 N–H and O–H groups in total. The molecule has 0 amide bonds. The van der Waals surface area contributed by atoms with Crippen LogP contribution in [0.4, 0.5) is 17.5 Å². The van der Waals surface area contributed by atoms with Gasteiger partial charge in [-0.05, 0) is 68.4 Å². The molecule has 2 aliphatic carbocycles. The normalized spacial score (nSPS) is 29.0. The average Bonchev–Trinajstić information content (AvgIpc) is 3.09. The summed E-state index contributed by atoms with van der Waals surface area (Å²) in [6.07, 6.45) is 7.23. The van der Waals surface area contributed by atoms with Crippen LogP contribution in [-0.2, 0) is 0 Å². The van der Waals surface area contributed by atoms with Gasteiger partial charge in [-0.25, -0.2) is 4.98 Å². The van der Waals surface area contributed by atoms with Crippen molar-refractivity contribution < 1.29 is 0 Å². The van der Waals surface area contributed by atoms with Gasteiger partial charge in [0.25, 0.3) is 0 Å². The minimum absolute atomic E-state index is 0.466. The first-order valence-corrected chi connectivity index (χ1v) is 10.9. The smallest absolute Gasteiger partial charge is 0.153 e. The molecule has 2 bridgehead atoms. The number of hydrogen-bond donors (Lipinski definition) is 3. The first kappa shape index (κ1) is 18.4. The Morgan fingerprint density at radius 2 is 1.97 bits per heavy atom. The van der Waals surface area contributed by atoms with Crippen LogP contribution in [0.15, 0.2) is 30.5 Å². The standard InChI is InChI=1S/C23H30N6/c1-13-7-16-9-14(2)22(17(8-13)11-16)27-23-18-5-4-6-24-19(18)12-20(26-23)25-21-10-15(3)28-29-21/h4-6,10,12-14,16-17,22H,7-9,11H2,1-3H3,(H3,25,26,27,28,29). The predicted octanol–water partition coefficient (Wildman–Crippen LogP) is 5.28. The van der Waals surface area contributed by atoms with Crippen molar-refractivity contribution in [3.63, 3.8) is 0 Å². The van der Waals surface area contributed by atoms with Crippen LogP contribution in [-0.4, -0.2) is 26.2 Å². The zero-order chi connectivity index (χ0) is 20.0. The fourth-order valence-corrected chi connectivity index (χ4v) is 5.71. The molecule has 152 valence electrons. The molecule has 2 saturated carbocycles. The van der Waals surface area contributed by atoms with Crippen molar-refractivity contribution in [2.45, 2.75) is 52.5 Å². The van der Waals surface area contributed by atoms with E-state index in [9.17, 15) is 0 Å². The number of aryl methyl sites for hydroxylation is 1. The summed E-state index contributed by atoms with van der Waals surface area (Å²) in [5.74, 6) is 5.59. The summed E-state index contributed by atoms with van der Waals surface area (Å²) in [5.41, 5.74) is 1.96. The molecule has 6 nitrogen and oxygen atoms in total. The van der Waals surface area contributed by atoms with Crippen molar-refractivity contribution in [3.05, 3.63) is 36.2 Å². The van der Waals surface area contributed by atoms with Gasteiger partial charge in [0.15, 0.2) is 5.82 Å². The first-order valence-electron chi connectivity index (χ1n) is 10.9. The Hall–Kier alpha value is -2.63. The highest BCUT2D eigenvalue weighted by atomic mass is 15.2. The third-order valence-corrected chi connectivity index (χ3v) is 6.77. The molecule has 2 fully saturated rings. The van der Waals surface area contributed by atoms with E-state index in [0.717, 1.165) is 51.8 Å². The second-order valence-electron chi connectivity index (χ2n) is 9.31. The highest BCUT2D eigenvalue weighted by molar-refractivity contribution is 5.91. The Morgan fingerprint density at radius 3 is 2.79 bits per heavy atom. The molecule has 2 aliphatic rings. The van der Waals surface area contributed by atoms with E-state index in [1.54, 1.807) is 0 Å². The summed E-state index contributed by atoms with van der Waals surface area (Å²) in [5, 5.41) is 15.5. The van der Waals surface area contributed by atoms with Crippen molar-refractivity contribution in [2.75, 3.05) is 10.6 Å².